The number of hydrogen-bond donors (Lipinski definition) is 0. The quantitative estimate of drug-likeness (QED) is 0.705. The van der Waals surface area contributed by atoms with Gasteiger partial charge in [-0.1, -0.05) is 52.0 Å². The lowest BCUT2D eigenvalue weighted by molar-refractivity contribution is 0.818. The fourth-order valence-electron chi connectivity index (χ4n) is 3.35. The number of hydrogen-bond acceptors (Lipinski definition) is 2. The summed E-state index contributed by atoms with van der Waals surface area (Å²) in [5.74, 6) is 0.944. The minimum absolute atomic E-state index is 0.472. The molecular weight excluding hydrogens is 280 g/mol. The van der Waals surface area contributed by atoms with Gasteiger partial charge in [-0.25, -0.2) is 0 Å². The summed E-state index contributed by atoms with van der Waals surface area (Å²) < 4.78 is 0. The van der Waals surface area contributed by atoms with E-state index in [2.05, 4.69) is 56.9 Å². The minimum Gasteiger partial charge on any atom is -0.255 e. The third-order valence-corrected chi connectivity index (χ3v) is 4.61. The van der Waals surface area contributed by atoms with E-state index in [1.165, 1.54) is 28.8 Å². The predicted octanol–water partition coefficient (Wildman–Crippen LogP) is 5.79. The average molecular weight is 306 g/mol. The summed E-state index contributed by atoms with van der Waals surface area (Å²) in [6, 6.07) is 10.8. The van der Waals surface area contributed by atoms with Crippen LogP contribution in [0.1, 0.15) is 74.8 Å². The fourth-order valence-corrected chi connectivity index (χ4v) is 3.35. The summed E-state index contributed by atoms with van der Waals surface area (Å²) >= 11 is 0. The van der Waals surface area contributed by atoms with Crippen molar-refractivity contribution in [1.82, 2.24) is 4.98 Å². The van der Waals surface area contributed by atoms with Crippen molar-refractivity contribution in [2.24, 2.45) is 4.99 Å². The Labute approximate surface area is 139 Å². The van der Waals surface area contributed by atoms with Gasteiger partial charge in [-0.2, -0.15) is 0 Å². The summed E-state index contributed by atoms with van der Waals surface area (Å²) in [4.78, 5) is 9.77. The number of fused-ring (bicyclic) bond motifs is 1. The van der Waals surface area contributed by atoms with Crippen LogP contribution in [0.2, 0.25) is 0 Å². The number of rotatable bonds is 3. The van der Waals surface area contributed by atoms with E-state index in [9.17, 15) is 0 Å². The summed E-state index contributed by atoms with van der Waals surface area (Å²) in [5.41, 5.74) is 7.45. The van der Waals surface area contributed by atoms with E-state index in [4.69, 9.17) is 4.99 Å². The summed E-state index contributed by atoms with van der Waals surface area (Å²) in [6.45, 7) is 8.98. The van der Waals surface area contributed by atoms with Crippen LogP contribution in [0.15, 0.2) is 41.5 Å². The van der Waals surface area contributed by atoms with Gasteiger partial charge in [-0.3, -0.25) is 9.98 Å². The molecule has 2 nitrogen and oxygen atoms in total. The van der Waals surface area contributed by atoms with Crippen LogP contribution in [0.3, 0.4) is 0 Å². The highest BCUT2D eigenvalue weighted by Crippen LogP contribution is 2.36. The number of aryl methyl sites for hydroxylation is 1. The Morgan fingerprint density at radius 1 is 0.913 bits per heavy atom. The first-order valence-electron chi connectivity index (χ1n) is 8.72. The Morgan fingerprint density at radius 3 is 2.26 bits per heavy atom. The lowest BCUT2D eigenvalue weighted by Gasteiger charge is -2.20. The molecule has 2 aromatic rings. The standard InChI is InChI=1S/C21H26N2/c1-14(2)17-10-6-11-18(15(3)4)21(17)23-19-12-5-8-16-9-7-13-22-20(16)19/h6-7,9-11,13-15H,5,8,12H2,1-4H3. The van der Waals surface area contributed by atoms with Gasteiger partial charge in [0.25, 0.3) is 0 Å². The highest BCUT2D eigenvalue weighted by atomic mass is 14.8. The molecule has 0 atom stereocenters. The molecule has 0 fully saturated rings. The molecule has 1 aromatic carbocycles. The molecule has 1 aliphatic carbocycles. The van der Waals surface area contributed by atoms with Crippen LogP contribution in [-0.4, -0.2) is 10.7 Å². The largest absolute Gasteiger partial charge is 0.255 e. The molecular formula is C21H26N2. The van der Waals surface area contributed by atoms with Crippen molar-refractivity contribution in [3.8, 4) is 0 Å². The molecule has 1 aliphatic rings. The first-order chi connectivity index (χ1) is 11.1. The predicted molar refractivity (Wildman–Crippen MR) is 98.0 cm³/mol. The van der Waals surface area contributed by atoms with Crippen LogP contribution in [0, 0.1) is 0 Å². The van der Waals surface area contributed by atoms with Crippen molar-refractivity contribution in [2.75, 3.05) is 0 Å². The molecule has 0 amide bonds. The maximum Gasteiger partial charge on any atom is 0.0876 e. The normalized spacial score (nSPS) is 16.2. The van der Waals surface area contributed by atoms with Gasteiger partial charge in [-0.15, -0.1) is 0 Å². The zero-order valence-corrected chi connectivity index (χ0v) is 14.6. The smallest absolute Gasteiger partial charge is 0.0876 e. The molecule has 0 saturated carbocycles. The van der Waals surface area contributed by atoms with E-state index >= 15 is 0 Å². The Kier molecular flexibility index (Phi) is 4.61. The fraction of sp³-hybridized carbons (Fsp3) is 0.429. The van der Waals surface area contributed by atoms with Crippen molar-refractivity contribution in [3.05, 3.63) is 58.9 Å². The number of benzene rings is 1. The Hall–Kier alpha value is -1.96. The van der Waals surface area contributed by atoms with Crippen LogP contribution in [0.25, 0.3) is 0 Å². The van der Waals surface area contributed by atoms with Crippen LogP contribution >= 0.6 is 0 Å². The van der Waals surface area contributed by atoms with Crippen molar-refractivity contribution in [3.63, 3.8) is 0 Å². The van der Waals surface area contributed by atoms with E-state index in [1.807, 2.05) is 12.3 Å². The van der Waals surface area contributed by atoms with Gasteiger partial charge in [0.1, 0.15) is 0 Å². The van der Waals surface area contributed by atoms with E-state index < -0.39 is 0 Å². The van der Waals surface area contributed by atoms with E-state index in [1.54, 1.807) is 0 Å². The van der Waals surface area contributed by atoms with E-state index in [0.29, 0.717) is 11.8 Å². The molecule has 2 heteroatoms. The number of para-hydroxylation sites is 1. The number of aliphatic imine (C=N–C) groups is 1. The molecule has 23 heavy (non-hydrogen) atoms. The Morgan fingerprint density at radius 2 is 1.61 bits per heavy atom. The number of nitrogens with zero attached hydrogens (tertiary/aromatic N) is 2. The lowest BCUT2D eigenvalue weighted by atomic mass is 9.91. The van der Waals surface area contributed by atoms with Crippen LogP contribution < -0.4 is 0 Å². The third kappa shape index (κ3) is 3.21. The second kappa shape index (κ2) is 6.66. The number of aromatic nitrogens is 1. The summed E-state index contributed by atoms with van der Waals surface area (Å²) in [7, 11) is 0. The second-order valence-electron chi connectivity index (χ2n) is 7.02. The van der Waals surface area contributed by atoms with Gasteiger partial charge in [0.2, 0.25) is 0 Å². The minimum atomic E-state index is 0.472. The highest BCUT2D eigenvalue weighted by Gasteiger charge is 2.19. The Bertz CT molecular complexity index is 700. The summed E-state index contributed by atoms with van der Waals surface area (Å²) in [6.07, 6.45) is 5.19. The lowest BCUT2D eigenvalue weighted by Crippen LogP contribution is -2.14. The molecule has 120 valence electrons. The monoisotopic (exact) mass is 306 g/mol. The average Bonchev–Trinajstić information content (AvgIpc) is 2.55. The first-order valence-corrected chi connectivity index (χ1v) is 8.72. The topological polar surface area (TPSA) is 25.2 Å². The van der Waals surface area contributed by atoms with Crippen molar-refractivity contribution < 1.29 is 0 Å². The van der Waals surface area contributed by atoms with Crippen LogP contribution in [0.4, 0.5) is 5.69 Å². The molecule has 0 N–H and O–H groups in total. The Balaban J connectivity index is 2.16. The molecule has 0 spiro atoms. The molecule has 1 aromatic heterocycles. The highest BCUT2D eigenvalue weighted by molar-refractivity contribution is 6.02. The van der Waals surface area contributed by atoms with Crippen LogP contribution in [0.5, 0.6) is 0 Å². The molecule has 0 unspecified atom stereocenters. The maximum atomic E-state index is 5.16. The van der Waals surface area contributed by atoms with Gasteiger partial charge in [0.05, 0.1) is 17.1 Å². The molecule has 0 aliphatic heterocycles. The number of pyridine rings is 1. The molecule has 0 bridgehead atoms. The van der Waals surface area contributed by atoms with Gasteiger partial charge >= 0.3 is 0 Å². The van der Waals surface area contributed by atoms with Crippen molar-refractivity contribution in [1.29, 1.82) is 0 Å². The maximum absolute atomic E-state index is 5.16. The van der Waals surface area contributed by atoms with Crippen LogP contribution in [-0.2, 0) is 6.42 Å². The van der Waals surface area contributed by atoms with Gasteiger partial charge in [0, 0.05) is 6.20 Å². The summed E-state index contributed by atoms with van der Waals surface area (Å²) in [5, 5.41) is 0. The van der Waals surface area contributed by atoms with Gasteiger partial charge in [0.15, 0.2) is 0 Å². The van der Waals surface area contributed by atoms with E-state index in [0.717, 1.165) is 24.2 Å². The third-order valence-electron chi connectivity index (χ3n) is 4.61. The molecule has 0 radical (unpaired) electrons. The zero-order valence-electron chi connectivity index (χ0n) is 14.6. The van der Waals surface area contributed by atoms with Gasteiger partial charge in [-0.05, 0) is 53.9 Å². The first kappa shape index (κ1) is 15.9. The SMILES string of the molecule is CC(C)c1cccc(C(C)C)c1N=C1CCCc2cccnc21. The molecule has 3 rings (SSSR count). The zero-order chi connectivity index (χ0) is 16.4. The molecule has 0 saturated heterocycles. The van der Waals surface area contributed by atoms with Gasteiger partial charge < -0.3 is 0 Å². The van der Waals surface area contributed by atoms with Crippen molar-refractivity contribution >= 4 is 11.4 Å². The van der Waals surface area contributed by atoms with E-state index in [-0.39, 0.29) is 0 Å². The second-order valence-corrected chi connectivity index (χ2v) is 7.02. The van der Waals surface area contributed by atoms with Crippen molar-refractivity contribution in [2.45, 2.75) is 58.8 Å². The molecule has 1 heterocycles.